The molecule has 1 aliphatic rings. The number of carbonyl (C=O) groups is 2. The minimum absolute atomic E-state index is 0.0516. The van der Waals surface area contributed by atoms with E-state index in [1.54, 1.807) is 20.8 Å². The summed E-state index contributed by atoms with van der Waals surface area (Å²) in [6.07, 6.45) is 0.367. The van der Waals surface area contributed by atoms with Gasteiger partial charge in [-0.1, -0.05) is 6.92 Å². The maximum Gasteiger partial charge on any atom is 0.245 e. The summed E-state index contributed by atoms with van der Waals surface area (Å²) < 4.78 is 22.7. The van der Waals surface area contributed by atoms with Gasteiger partial charge in [-0.15, -0.1) is 0 Å². The second kappa shape index (κ2) is 5.69. The quantitative estimate of drug-likeness (QED) is 0.737. The van der Waals surface area contributed by atoms with Crippen LogP contribution in [0.15, 0.2) is 0 Å². The average Bonchev–Trinajstić information content (AvgIpc) is 2.31. The predicted molar refractivity (Wildman–Crippen MR) is 67.7 cm³/mol. The molecule has 2 amide bonds. The number of hydrogen-bond acceptors (Lipinski definition) is 4. The molecule has 0 aromatic heterocycles. The van der Waals surface area contributed by atoms with Crippen molar-refractivity contribution in [2.75, 3.05) is 18.1 Å². The SMILES string of the molecule is CCS(=O)(=O)CCCN1C(=O)C(C)NC(=O)C1C. The molecule has 2 unspecified atom stereocenters. The molecule has 7 heteroatoms. The summed E-state index contributed by atoms with van der Waals surface area (Å²) in [7, 11) is -3.02. The Kier molecular flexibility index (Phi) is 4.72. The number of sulfone groups is 1. The van der Waals surface area contributed by atoms with Crippen LogP contribution in [0.1, 0.15) is 27.2 Å². The number of amides is 2. The first-order valence-corrected chi connectivity index (χ1v) is 7.92. The van der Waals surface area contributed by atoms with Crippen molar-refractivity contribution < 1.29 is 18.0 Å². The van der Waals surface area contributed by atoms with E-state index in [2.05, 4.69) is 5.32 Å². The van der Waals surface area contributed by atoms with Gasteiger partial charge in [0.15, 0.2) is 0 Å². The number of carbonyl (C=O) groups excluding carboxylic acids is 2. The van der Waals surface area contributed by atoms with Crippen LogP contribution in [-0.2, 0) is 19.4 Å². The van der Waals surface area contributed by atoms with Crippen molar-refractivity contribution >= 4 is 21.7 Å². The van der Waals surface area contributed by atoms with E-state index < -0.39 is 21.9 Å². The van der Waals surface area contributed by atoms with E-state index >= 15 is 0 Å². The van der Waals surface area contributed by atoms with Gasteiger partial charge in [0, 0.05) is 12.3 Å². The zero-order valence-corrected chi connectivity index (χ0v) is 11.8. The molecule has 1 fully saturated rings. The van der Waals surface area contributed by atoms with E-state index in [-0.39, 0.29) is 23.3 Å². The Morgan fingerprint density at radius 1 is 1.28 bits per heavy atom. The summed E-state index contributed by atoms with van der Waals surface area (Å²) in [6, 6.07) is -1.06. The Balaban J connectivity index is 2.59. The first-order valence-electron chi connectivity index (χ1n) is 6.09. The van der Waals surface area contributed by atoms with Gasteiger partial charge in [-0.3, -0.25) is 9.59 Å². The third kappa shape index (κ3) is 3.44. The third-order valence-electron chi connectivity index (χ3n) is 3.15. The van der Waals surface area contributed by atoms with Gasteiger partial charge < -0.3 is 10.2 Å². The van der Waals surface area contributed by atoms with Gasteiger partial charge in [-0.25, -0.2) is 8.42 Å². The number of hydrogen-bond donors (Lipinski definition) is 1. The van der Waals surface area contributed by atoms with Crippen molar-refractivity contribution in [1.82, 2.24) is 10.2 Å². The van der Waals surface area contributed by atoms with E-state index in [0.717, 1.165) is 0 Å². The van der Waals surface area contributed by atoms with Crippen LogP contribution in [0.5, 0.6) is 0 Å². The fourth-order valence-electron chi connectivity index (χ4n) is 1.88. The van der Waals surface area contributed by atoms with E-state index in [4.69, 9.17) is 0 Å². The molecule has 0 aromatic rings. The minimum atomic E-state index is -3.02. The predicted octanol–water partition coefficient (Wildman–Crippen LogP) is -0.453. The lowest BCUT2D eigenvalue weighted by Crippen LogP contribution is -2.61. The molecule has 1 saturated heterocycles. The molecule has 1 aliphatic heterocycles. The van der Waals surface area contributed by atoms with Gasteiger partial charge in [-0.2, -0.15) is 0 Å². The summed E-state index contributed by atoms with van der Waals surface area (Å²) in [6.45, 7) is 5.17. The molecule has 1 rings (SSSR count). The van der Waals surface area contributed by atoms with Gasteiger partial charge in [0.2, 0.25) is 11.8 Å². The van der Waals surface area contributed by atoms with E-state index in [1.165, 1.54) is 4.90 Å². The number of nitrogens with one attached hydrogen (secondary N) is 1. The second-order valence-corrected chi connectivity index (χ2v) is 7.00. The van der Waals surface area contributed by atoms with Crippen LogP contribution in [0.25, 0.3) is 0 Å². The highest BCUT2D eigenvalue weighted by Gasteiger charge is 2.35. The van der Waals surface area contributed by atoms with Crippen LogP contribution < -0.4 is 5.32 Å². The minimum Gasteiger partial charge on any atom is -0.343 e. The van der Waals surface area contributed by atoms with Crippen LogP contribution in [0, 0.1) is 0 Å². The maximum absolute atomic E-state index is 11.9. The molecule has 1 N–H and O–H groups in total. The molecule has 0 aromatic carbocycles. The third-order valence-corrected chi connectivity index (χ3v) is 4.94. The van der Waals surface area contributed by atoms with E-state index in [9.17, 15) is 18.0 Å². The molecule has 0 saturated carbocycles. The summed E-state index contributed by atoms with van der Waals surface area (Å²) in [4.78, 5) is 24.9. The normalized spacial score (nSPS) is 25.2. The molecule has 0 spiro atoms. The van der Waals surface area contributed by atoms with Crippen molar-refractivity contribution in [3.8, 4) is 0 Å². The number of rotatable bonds is 5. The standard InChI is InChI=1S/C11H20N2O4S/c1-4-18(16,17)7-5-6-13-9(3)10(14)12-8(2)11(13)15/h8-9H,4-7H2,1-3H3,(H,12,14). The summed E-state index contributed by atoms with van der Waals surface area (Å²) in [5, 5.41) is 2.58. The lowest BCUT2D eigenvalue weighted by atomic mass is 10.1. The summed E-state index contributed by atoms with van der Waals surface area (Å²) in [5.74, 6) is -0.194. The molecule has 18 heavy (non-hydrogen) atoms. The van der Waals surface area contributed by atoms with Gasteiger partial charge >= 0.3 is 0 Å². The lowest BCUT2D eigenvalue weighted by molar-refractivity contribution is -0.148. The first kappa shape index (κ1) is 14.9. The molecule has 0 aliphatic carbocycles. The smallest absolute Gasteiger partial charge is 0.245 e. The van der Waals surface area contributed by atoms with Crippen molar-refractivity contribution in [3.63, 3.8) is 0 Å². The molecular formula is C11H20N2O4S. The number of piperazine rings is 1. The topological polar surface area (TPSA) is 83.6 Å². The van der Waals surface area contributed by atoms with Crippen LogP contribution in [0.3, 0.4) is 0 Å². The molecule has 104 valence electrons. The van der Waals surface area contributed by atoms with Crippen molar-refractivity contribution in [2.45, 2.75) is 39.3 Å². The van der Waals surface area contributed by atoms with E-state index in [0.29, 0.717) is 13.0 Å². The van der Waals surface area contributed by atoms with Crippen molar-refractivity contribution in [3.05, 3.63) is 0 Å². The Morgan fingerprint density at radius 2 is 1.89 bits per heavy atom. The zero-order chi connectivity index (χ0) is 13.9. The molecule has 6 nitrogen and oxygen atoms in total. The summed E-state index contributed by atoms with van der Waals surface area (Å²) >= 11 is 0. The monoisotopic (exact) mass is 276 g/mol. The molecule has 0 radical (unpaired) electrons. The lowest BCUT2D eigenvalue weighted by Gasteiger charge is -2.36. The molecule has 0 bridgehead atoms. The van der Waals surface area contributed by atoms with Crippen LogP contribution in [0.2, 0.25) is 0 Å². The van der Waals surface area contributed by atoms with Gasteiger partial charge in [0.25, 0.3) is 0 Å². The fourth-order valence-corrected chi connectivity index (χ4v) is 2.74. The van der Waals surface area contributed by atoms with Gasteiger partial charge in [0.05, 0.1) is 5.75 Å². The molecular weight excluding hydrogens is 256 g/mol. The largest absolute Gasteiger partial charge is 0.343 e. The fraction of sp³-hybridized carbons (Fsp3) is 0.818. The highest BCUT2D eigenvalue weighted by molar-refractivity contribution is 7.91. The number of nitrogens with zero attached hydrogens (tertiary/aromatic N) is 1. The van der Waals surface area contributed by atoms with Crippen LogP contribution in [0.4, 0.5) is 0 Å². The van der Waals surface area contributed by atoms with Crippen LogP contribution >= 0.6 is 0 Å². The van der Waals surface area contributed by atoms with Crippen LogP contribution in [-0.4, -0.2) is 55.3 Å². The Hall–Kier alpha value is -1.11. The van der Waals surface area contributed by atoms with Gasteiger partial charge in [-0.05, 0) is 20.3 Å². The van der Waals surface area contributed by atoms with Crippen molar-refractivity contribution in [1.29, 1.82) is 0 Å². The van der Waals surface area contributed by atoms with Crippen molar-refractivity contribution in [2.24, 2.45) is 0 Å². The highest BCUT2D eigenvalue weighted by atomic mass is 32.2. The van der Waals surface area contributed by atoms with Gasteiger partial charge in [0.1, 0.15) is 21.9 Å². The Bertz CT molecular complexity index is 432. The average molecular weight is 276 g/mol. The molecule has 1 heterocycles. The zero-order valence-electron chi connectivity index (χ0n) is 11.0. The Morgan fingerprint density at radius 3 is 2.44 bits per heavy atom. The van der Waals surface area contributed by atoms with E-state index in [1.807, 2.05) is 0 Å². The highest BCUT2D eigenvalue weighted by Crippen LogP contribution is 2.10. The Labute approximate surface area is 108 Å². The first-order chi connectivity index (χ1) is 8.28. The summed E-state index contributed by atoms with van der Waals surface area (Å²) in [5.41, 5.74) is 0. The maximum atomic E-state index is 11.9. The molecule has 2 atom stereocenters. The second-order valence-electron chi connectivity index (χ2n) is 4.53.